The molecular formula is C20H35F3O3. The van der Waals surface area contributed by atoms with Crippen molar-refractivity contribution in [1.82, 2.24) is 0 Å². The fraction of sp³-hybridized carbons (Fsp3) is 1.00. The monoisotopic (exact) mass is 380 g/mol. The fourth-order valence-electron chi connectivity index (χ4n) is 3.89. The largest absolute Gasteiger partial charge is 0.389 e. The summed E-state index contributed by atoms with van der Waals surface area (Å²) in [5.74, 6) is 0.488. The van der Waals surface area contributed by atoms with Gasteiger partial charge in [0.05, 0.1) is 19.3 Å². The molecule has 0 amide bonds. The van der Waals surface area contributed by atoms with Crippen molar-refractivity contribution in [1.29, 1.82) is 0 Å². The lowest BCUT2D eigenvalue weighted by molar-refractivity contribution is -0.232. The van der Waals surface area contributed by atoms with Gasteiger partial charge in [-0.05, 0) is 44.9 Å². The molecule has 0 radical (unpaired) electrons. The molecular weight excluding hydrogens is 345 g/mol. The molecule has 2 fully saturated rings. The summed E-state index contributed by atoms with van der Waals surface area (Å²) in [4.78, 5) is 0. The van der Waals surface area contributed by atoms with Crippen molar-refractivity contribution in [3.05, 3.63) is 0 Å². The van der Waals surface area contributed by atoms with E-state index in [4.69, 9.17) is 14.2 Å². The highest BCUT2D eigenvalue weighted by atomic mass is 19.4. The summed E-state index contributed by atoms with van der Waals surface area (Å²) in [5, 5.41) is 0. The Morgan fingerprint density at radius 1 is 0.923 bits per heavy atom. The molecule has 2 rings (SSSR count). The molecule has 3 nitrogen and oxygen atoms in total. The number of hydrogen-bond acceptors (Lipinski definition) is 3. The Hall–Kier alpha value is -0.330. The Bertz CT molecular complexity index is 360. The number of rotatable bonds is 10. The van der Waals surface area contributed by atoms with Crippen molar-refractivity contribution >= 4 is 0 Å². The number of halogens is 3. The molecule has 0 atom stereocenters. The molecule has 0 spiro atoms. The van der Waals surface area contributed by atoms with E-state index in [2.05, 4.69) is 6.92 Å². The van der Waals surface area contributed by atoms with Gasteiger partial charge in [-0.2, -0.15) is 13.2 Å². The van der Waals surface area contributed by atoms with Gasteiger partial charge in [0, 0.05) is 24.9 Å². The molecule has 1 saturated carbocycles. The number of alkyl halides is 3. The van der Waals surface area contributed by atoms with Crippen molar-refractivity contribution in [3.8, 4) is 0 Å². The Labute approximate surface area is 155 Å². The molecule has 6 heteroatoms. The van der Waals surface area contributed by atoms with Gasteiger partial charge in [0.15, 0.2) is 6.29 Å². The topological polar surface area (TPSA) is 27.7 Å². The summed E-state index contributed by atoms with van der Waals surface area (Å²) in [6.45, 7) is 4.13. The highest BCUT2D eigenvalue weighted by molar-refractivity contribution is 4.77. The van der Waals surface area contributed by atoms with E-state index in [1.54, 1.807) is 0 Å². The zero-order valence-corrected chi connectivity index (χ0v) is 16.1. The SMILES string of the molecule is CCCCCCOC1CCC(C2OCC(CCCC(F)(F)F)CO2)CC1. The van der Waals surface area contributed by atoms with Crippen molar-refractivity contribution in [3.63, 3.8) is 0 Å². The Balaban J connectivity index is 1.54. The summed E-state index contributed by atoms with van der Waals surface area (Å²) >= 11 is 0. The minimum Gasteiger partial charge on any atom is -0.378 e. The average molecular weight is 380 g/mol. The van der Waals surface area contributed by atoms with Crippen LogP contribution in [0.25, 0.3) is 0 Å². The van der Waals surface area contributed by atoms with Gasteiger partial charge in [-0.3, -0.25) is 0 Å². The molecule has 0 aromatic rings. The Kier molecular flexibility index (Phi) is 9.71. The van der Waals surface area contributed by atoms with Crippen LogP contribution in [0.3, 0.4) is 0 Å². The maximum atomic E-state index is 12.2. The quantitative estimate of drug-likeness (QED) is 0.444. The lowest BCUT2D eigenvalue weighted by Crippen LogP contribution is -2.39. The second-order valence-corrected chi connectivity index (χ2v) is 7.88. The summed E-state index contributed by atoms with van der Waals surface area (Å²) in [7, 11) is 0. The molecule has 1 heterocycles. The predicted molar refractivity (Wildman–Crippen MR) is 94.9 cm³/mol. The van der Waals surface area contributed by atoms with E-state index in [1.807, 2.05) is 0 Å². The molecule has 1 aliphatic heterocycles. The molecule has 1 aliphatic carbocycles. The molecule has 0 N–H and O–H groups in total. The van der Waals surface area contributed by atoms with Gasteiger partial charge < -0.3 is 14.2 Å². The first-order valence-electron chi connectivity index (χ1n) is 10.4. The van der Waals surface area contributed by atoms with Crippen LogP contribution in [0.5, 0.6) is 0 Å². The van der Waals surface area contributed by atoms with E-state index >= 15 is 0 Å². The van der Waals surface area contributed by atoms with Gasteiger partial charge in [-0.25, -0.2) is 0 Å². The van der Waals surface area contributed by atoms with Gasteiger partial charge in [0.2, 0.25) is 0 Å². The van der Waals surface area contributed by atoms with Gasteiger partial charge in [-0.15, -0.1) is 0 Å². The highest BCUT2D eigenvalue weighted by Gasteiger charge is 2.33. The number of hydrogen-bond donors (Lipinski definition) is 0. The normalized spacial score (nSPS) is 30.5. The van der Waals surface area contributed by atoms with Gasteiger partial charge in [0.25, 0.3) is 0 Å². The van der Waals surface area contributed by atoms with Crippen LogP contribution in [-0.4, -0.2) is 38.4 Å². The smallest absolute Gasteiger partial charge is 0.378 e. The molecule has 154 valence electrons. The predicted octanol–water partition coefficient (Wildman–Crippen LogP) is 5.86. The van der Waals surface area contributed by atoms with Crippen LogP contribution in [0, 0.1) is 11.8 Å². The first-order valence-corrected chi connectivity index (χ1v) is 10.4. The van der Waals surface area contributed by atoms with E-state index < -0.39 is 12.6 Å². The summed E-state index contributed by atoms with van der Waals surface area (Å²) in [6, 6.07) is 0. The van der Waals surface area contributed by atoms with Crippen LogP contribution in [0.2, 0.25) is 0 Å². The number of ether oxygens (including phenoxy) is 3. The van der Waals surface area contributed by atoms with E-state index in [9.17, 15) is 13.2 Å². The first-order chi connectivity index (χ1) is 12.5. The summed E-state index contributed by atoms with van der Waals surface area (Å²) in [6.07, 6.45) is 5.21. The zero-order valence-electron chi connectivity index (χ0n) is 16.1. The van der Waals surface area contributed by atoms with E-state index in [1.165, 1.54) is 19.3 Å². The maximum Gasteiger partial charge on any atom is 0.389 e. The average Bonchev–Trinajstić information content (AvgIpc) is 2.62. The van der Waals surface area contributed by atoms with Crippen molar-refractivity contribution < 1.29 is 27.4 Å². The number of unbranched alkanes of at least 4 members (excludes halogenated alkanes) is 3. The van der Waals surface area contributed by atoms with Crippen LogP contribution < -0.4 is 0 Å². The van der Waals surface area contributed by atoms with Crippen molar-refractivity contribution in [2.45, 2.75) is 96.1 Å². The molecule has 26 heavy (non-hydrogen) atoms. The minimum absolute atomic E-state index is 0.0939. The maximum absolute atomic E-state index is 12.2. The van der Waals surface area contributed by atoms with Gasteiger partial charge in [-0.1, -0.05) is 26.2 Å². The molecule has 0 bridgehead atoms. The van der Waals surface area contributed by atoms with Crippen molar-refractivity contribution in [2.24, 2.45) is 11.8 Å². The van der Waals surface area contributed by atoms with Crippen LogP contribution in [0.1, 0.15) is 77.6 Å². The molecule has 0 aromatic carbocycles. The lowest BCUT2D eigenvalue weighted by Gasteiger charge is -2.37. The second-order valence-electron chi connectivity index (χ2n) is 7.88. The molecule has 0 aromatic heterocycles. The van der Waals surface area contributed by atoms with Crippen LogP contribution in [0.4, 0.5) is 13.2 Å². The summed E-state index contributed by atoms with van der Waals surface area (Å²) in [5.41, 5.74) is 0. The first kappa shape index (κ1) is 22.0. The van der Waals surface area contributed by atoms with E-state index in [0.717, 1.165) is 38.7 Å². The van der Waals surface area contributed by atoms with Gasteiger partial charge >= 0.3 is 6.18 Å². The minimum atomic E-state index is -4.06. The second kappa shape index (κ2) is 11.5. The molecule has 0 unspecified atom stereocenters. The third-order valence-electron chi connectivity index (χ3n) is 5.52. The van der Waals surface area contributed by atoms with E-state index in [0.29, 0.717) is 31.7 Å². The zero-order chi connectivity index (χ0) is 18.8. The fourth-order valence-corrected chi connectivity index (χ4v) is 3.89. The van der Waals surface area contributed by atoms with Crippen LogP contribution in [0.15, 0.2) is 0 Å². The van der Waals surface area contributed by atoms with E-state index in [-0.39, 0.29) is 18.6 Å². The third-order valence-corrected chi connectivity index (χ3v) is 5.52. The Morgan fingerprint density at radius 2 is 1.62 bits per heavy atom. The lowest BCUT2D eigenvalue weighted by atomic mass is 9.86. The van der Waals surface area contributed by atoms with Gasteiger partial charge in [0.1, 0.15) is 0 Å². The Morgan fingerprint density at radius 3 is 2.23 bits per heavy atom. The highest BCUT2D eigenvalue weighted by Crippen LogP contribution is 2.33. The standard InChI is InChI=1S/C20H35F3O3/c1-2-3-4-5-13-24-18-10-8-17(9-11-18)19-25-14-16(15-26-19)7-6-12-20(21,22)23/h16-19H,2-15H2,1H3. The molecule has 2 aliphatic rings. The molecule has 1 saturated heterocycles. The van der Waals surface area contributed by atoms with Crippen LogP contribution in [-0.2, 0) is 14.2 Å². The van der Waals surface area contributed by atoms with Crippen LogP contribution >= 0.6 is 0 Å². The van der Waals surface area contributed by atoms with Crippen molar-refractivity contribution in [2.75, 3.05) is 19.8 Å². The summed E-state index contributed by atoms with van der Waals surface area (Å²) < 4.78 is 54.3. The third kappa shape index (κ3) is 8.57.